The molecule has 2 rings (SSSR count). The summed E-state index contributed by atoms with van der Waals surface area (Å²) in [5, 5.41) is 0. The molecule has 0 bridgehead atoms. The van der Waals surface area contributed by atoms with Crippen LogP contribution < -0.4 is 10.6 Å². The fourth-order valence-electron chi connectivity index (χ4n) is 1.67. The molecule has 2 N–H and O–H groups in total. The first kappa shape index (κ1) is 10.6. The van der Waals surface area contributed by atoms with Gasteiger partial charge in [-0.05, 0) is 29.8 Å². The van der Waals surface area contributed by atoms with E-state index in [1.54, 1.807) is 0 Å². The van der Waals surface area contributed by atoms with Crippen molar-refractivity contribution in [3.05, 3.63) is 60.2 Å². The summed E-state index contributed by atoms with van der Waals surface area (Å²) < 4.78 is 0. The lowest BCUT2D eigenvalue weighted by Gasteiger charge is -2.19. The van der Waals surface area contributed by atoms with E-state index >= 15 is 0 Å². The summed E-state index contributed by atoms with van der Waals surface area (Å²) in [6.07, 6.45) is 0. The Bertz CT molecular complexity index is 434. The maximum Gasteiger partial charge on any atom is 0.0426 e. The zero-order chi connectivity index (χ0) is 11.4. The van der Waals surface area contributed by atoms with Gasteiger partial charge < -0.3 is 10.6 Å². The number of para-hydroxylation sites is 1. The predicted molar refractivity (Wildman–Crippen MR) is 69.4 cm³/mol. The molecule has 2 nitrogen and oxygen atoms in total. The van der Waals surface area contributed by atoms with Crippen molar-refractivity contribution >= 4 is 11.4 Å². The van der Waals surface area contributed by atoms with Crippen LogP contribution in [0, 0.1) is 0 Å². The topological polar surface area (TPSA) is 29.3 Å². The average molecular weight is 212 g/mol. The molecular weight excluding hydrogens is 196 g/mol. The number of benzene rings is 2. The van der Waals surface area contributed by atoms with E-state index in [1.807, 2.05) is 18.2 Å². The summed E-state index contributed by atoms with van der Waals surface area (Å²) in [7, 11) is 2.09. The fraction of sp³-hybridized carbons (Fsp3) is 0.143. The van der Waals surface area contributed by atoms with Gasteiger partial charge in [-0.2, -0.15) is 0 Å². The lowest BCUT2D eigenvalue weighted by atomic mass is 10.2. The largest absolute Gasteiger partial charge is 0.399 e. The first-order valence-corrected chi connectivity index (χ1v) is 5.36. The Morgan fingerprint density at radius 1 is 0.938 bits per heavy atom. The van der Waals surface area contributed by atoms with Gasteiger partial charge in [0.1, 0.15) is 0 Å². The molecule has 0 spiro atoms. The van der Waals surface area contributed by atoms with Gasteiger partial charge in [0.25, 0.3) is 0 Å². The maximum absolute atomic E-state index is 5.65. The number of nitrogens with two attached hydrogens (primary N) is 1. The molecule has 0 atom stereocenters. The van der Waals surface area contributed by atoms with Crippen LogP contribution in [-0.2, 0) is 6.54 Å². The number of hydrogen-bond donors (Lipinski definition) is 1. The highest BCUT2D eigenvalue weighted by Gasteiger charge is 2.00. The Morgan fingerprint density at radius 2 is 1.56 bits per heavy atom. The summed E-state index contributed by atoms with van der Waals surface area (Å²) >= 11 is 0. The van der Waals surface area contributed by atoms with E-state index in [0.717, 1.165) is 12.2 Å². The molecule has 0 radical (unpaired) electrons. The van der Waals surface area contributed by atoms with Crippen LogP contribution in [0.15, 0.2) is 54.6 Å². The van der Waals surface area contributed by atoms with Crippen molar-refractivity contribution < 1.29 is 0 Å². The number of rotatable bonds is 3. The third-order valence-electron chi connectivity index (χ3n) is 2.60. The van der Waals surface area contributed by atoms with Crippen molar-refractivity contribution in [1.82, 2.24) is 0 Å². The second kappa shape index (κ2) is 4.71. The van der Waals surface area contributed by atoms with E-state index in [4.69, 9.17) is 5.73 Å². The molecule has 2 heteroatoms. The number of hydrogen-bond acceptors (Lipinski definition) is 2. The van der Waals surface area contributed by atoms with Crippen LogP contribution in [0.2, 0.25) is 0 Å². The van der Waals surface area contributed by atoms with E-state index in [0.29, 0.717) is 0 Å². The molecule has 0 aliphatic carbocycles. The summed E-state index contributed by atoms with van der Waals surface area (Å²) in [5.41, 5.74) is 8.95. The second-order valence-electron chi connectivity index (χ2n) is 3.93. The highest BCUT2D eigenvalue weighted by Crippen LogP contribution is 2.15. The van der Waals surface area contributed by atoms with E-state index in [-0.39, 0.29) is 0 Å². The molecule has 0 aliphatic heterocycles. The van der Waals surface area contributed by atoms with Crippen molar-refractivity contribution in [2.24, 2.45) is 0 Å². The standard InChI is InChI=1S/C14H16N2/c1-16(14-5-3-2-4-6-14)11-12-7-9-13(15)10-8-12/h2-10H,11,15H2,1H3. The number of nitrogens with zero attached hydrogens (tertiary/aromatic N) is 1. The van der Waals surface area contributed by atoms with Crippen LogP contribution in [0.25, 0.3) is 0 Å². The van der Waals surface area contributed by atoms with Gasteiger partial charge in [0, 0.05) is 25.0 Å². The van der Waals surface area contributed by atoms with E-state index in [9.17, 15) is 0 Å². The van der Waals surface area contributed by atoms with Crippen molar-refractivity contribution in [3.63, 3.8) is 0 Å². The van der Waals surface area contributed by atoms with Gasteiger partial charge in [-0.25, -0.2) is 0 Å². The molecule has 0 unspecified atom stereocenters. The van der Waals surface area contributed by atoms with Gasteiger partial charge in [0.2, 0.25) is 0 Å². The normalized spacial score (nSPS) is 10.1. The molecule has 0 heterocycles. The zero-order valence-corrected chi connectivity index (χ0v) is 9.43. The minimum Gasteiger partial charge on any atom is -0.399 e. The lowest BCUT2D eigenvalue weighted by molar-refractivity contribution is 0.923. The molecular formula is C14H16N2. The summed E-state index contributed by atoms with van der Waals surface area (Å²) in [4.78, 5) is 2.21. The third-order valence-corrected chi connectivity index (χ3v) is 2.60. The number of nitrogen functional groups attached to an aromatic ring is 1. The Balaban J connectivity index is 2.08. The quantitative estimate of drug-likeness (QED) is 0.793. The highest BCUT2D eigenvalue weighted by atomic mass is 15.1. The van der Waals surface area contributed by atoms with E-state index < -0.39 is 0 Å². The smallest absolute Gasteiger partial charge is 0.0426 e. The van der Waals surface area contributed by atoms with Gasteiger partial charge in [0.05, 0.1) is 0 Å². The van der Waals surface area contributed by atoms with Crippen molar-refractivity contribution in [3.8, 4) is 0 Å². The molecule has 0 aromatic heterocycles. The van der Waals surface area contributed by atoms with Crippen LogP contribution in [0.5, 0.6) is 0 Å². The van der Waals surface area contributed by atoms with Crippen molar-refractivity contribution in [1.29, 1.82) is 0 Å². The van der Waals surface area contributed by atoms with Crippen LogP contribution in [0.4, 0.5) is 11.4 Å². The first-order chi connectivity index (χ1) is 7.75. The third kappa shape index (κ3) is 2.54. The first-order valence-electron chi connectivity index (χ1n) is 5.36. The molecule has 2 aromatic carbocycles. The predicted octanol–water partition coefficient (Wildman–Crippen LogP) is 2.91. The molecule has 0 saturated carbocycles. The molecule has 0 saturated heterocycles. The van der Waals surface area contributed by atoms with Crippen LogP contribution >= 0.6 is 0 Å². The Hall–Kier alpha value is -1.96. The van der Waals surface area contributed by atoms with Gasteiger partial charge in [-0.15, -0.1) is 0 Å². The lowest BCUT2D eigenvalue weighted by Crippen LogP contribution is -2.15. The second-order valence-corrected chi connectivity index (χ2v) is 3.93. The highest BCUT2D eigenvalue weighted by molar-refractivity contribution is 5.46. The molecule has 16 heavy (non-hydrogen) atoms. The van der Waals surface area contributed by atoms with Gasteiger partial charge in [0.15, 0.2) is 0 Å². The zero-order valence-electron chi connectivity index (χ0n) is 9.43. The van der Waals surface area contributed by atoms with Crippen molar-refractivity contribution in [2.45, 2.75) is 6.54 Å². The number of anilines is 2. The monoisotopic (exact) mass is 212 g/mol. The SMILES string of the molecule is CN(Cc1ccc(N)cc1)c1ccccc1. The minimum absolute atomic E-state index is 0.811. The Kier molecular flexibility index (Phi) is 3.10. The average Bonchev–Trinajstić information content (AvgIpc) is 2.33. The summed E-state index contributed by atoms with van der Waals surface area (Å²) in [6.45, 7) is 0.893. The Morgan fingerprint density at radius 3 is 2.19 bits per heavy atom. The maximum atomic E-state index is 5.65. The van der Waals surface area contributed by atoms with Crippen molar-refractivity contribution in [2.75, 3.05) is 17.7 Å². The molecule has 82 valence electrons. The van der Waals surface area contributed by atoms with Gasteiger partial charge in [-0.1, -0.05) is 30.3 Å². The molecule has 2 aromatic rings. The minimum atomic E-state index is 0.811. The summed E-state index contributed by atoms with van der Waals surface area (Å²) in [6, 6.07) is 18.4. The summed E-state index contributed by atoms with van der Waals surface area (Å²) in [5.74, 6) is 0. The van der Waals surface area contributed by atoms with E-state index in [2.05, 4.69) is 48.3 Å². The van der Waals surface area contributed by atoms with Crippen LogP contribution in [0.1, 0.15) is 5.56 Å². The molecule has 0 fully saturated rings. The molecule has 0 aliphatic rings. The van der Waals surface area contributed by atoms with E-state index in [1.165, 1.54) is 11.3 Å². The van der Waals surface area contributed by atoms with Gasteiger partial charge in [-0.3, -0.25) is 0 Å². The fourth-order valence-corrected chi connectivity index (χ4v) is 1.67. The Labute approximate surface area is 96.3 Å². The molecule has 0 amide bonds. The van der Waals surface area contributed by atoms with Crippen LogP contribution in [0.3, 0.4) is 0 Å². The van der Waals surface area contributed by atoms with Crippen LogP contribution in [-0.4, -0.2) is 7.05 Å². The van der Waals surface area contributed by atoms with Gasteiger partial charge >= 0.3 is 0 Å².